The van der Waals surface area contributed by atoms with Crippen LogP contribution in [0.25, 0.3) is 6.08 Å². The molecule has 4 nitrogen and oxygen atoms in total. The van der Waals surface area contributed by atoms with E-state index >= 15 is 0 Å². The Bertz CT molecular complexity index is 427. The second-order valence-electron chi connectivity index (χ2n) is 3.57. The molecule has 0 atom stereocenters. The molecule has 18 heavy (non-hydrogen) atoms. The number of hydrogen-bond acceptors (Lipinski definition) is 3. The van der Waals surface area contributed by atoms with Gasteiger partial charge >= 0.3 is 0 Å². The van der Waals surface area contributed by atoms with Crippen LogP contribution in [0.3, 0.4) is 0 Å². The summed E-state index contributed by atoms with van der Waals surface area (Å²) in [5, 5.41) is 2.70. The average Bonchev–Trinajstić information content (AvgIpc) is 2.37. The van der Waals surface area contributed by atoms with E-state index in [1.54, 1.807) is 13.2 Å². The Balaban J connectivity index is 2.84. The van der Waals surface area contributed by atoms with Crippen molar-refractivity contribution in [3.63, 3.8) is 0 Å². The highest BCUT2D eigenvalue weighted by molar-refractivity contribution is 5.91. The smallest absolute Gasteiger partial charge is 0.243 e. The Hall–Kier alpha value is -1.97. The molecule has 1 aromatic carbocycles. The Labute approximate surface area is 108 Å². The Morgan fingerprint density at radius 1 is 1.33 bits per heavy atom. The minimum atomic E-state index is -0.105. The van der Waals surface area contributed by atoms with Crippen LogP contribution in [0, 0.1) is 0 Å². The maximum absolute atomic E-state index is 11.3. The third-order valence-electron chi connectivity index (χ3n) is 2.27. The molecule has 1 N–H and O–H groups in total. The van der Waals surface area contributed by atoms with Gasteiger partial charge in [0.15, 0.2) is 11.5 Å². The monoisotopic (exact) mass is 249 g/mol. The first kappa shape index (κ1) is 14.1. The summed E-state index contributed by atoms with van der Waals surface area (Å²) in [5.74, 6) is 1.26. The number of amides is 1. The second kappa shape index (κ2) is 7.37. The number of carbonyl (C=O) groups excluding carboxylic acids is 1. The van der Waals surface area contributed by atoms with E-state index in [4.69, 9.17) is 9.47 Å². The van der Waals surface area contributed by atoms with Crippen LogP contribution in [0.1, 0.15) is 19.4 Å². The Morgan fingerprint density at radius 2 is 2.11 bits per heavy atom. The molecule has 0 unspecified atom stereocenters. The zero-order chi connectivity index (χ0) is 13.4. The molecule has 98 valence electrons. The molecule has 1 rings (SSSR count). The van der Waals surface area contributed by atoms with E-state index in [0.29, 0.717) is 24.7 Å². The lowest BCUT2D eigenvalue weighted by atomic mass is 10.2. The molecule has 0 fully saturated rings. The molecule has 0 aliphatic carbocycles. The number of ether oxygens (including phenoxy) is 2. The summed E-state index contributed by atoms with van der Waals surface area (Å²) in [5.41, 5.74) is 0.894. The van der Waals surface area contributed by atoms with Gasteiger partial charge in [-0.1, -0.05) is 6.07 Å². The van der Waals surface area contributed by atoms with Gasteiger partial charge in [0.05, 0.1) is 13.7 Å². The molecule has 1 amide bonds. The molecule has 0 radical (unpaired) electrons. The topological polar surface area (TPSA) is 47.6 Å². The van der Waals surface area contributed by atoms with E-state index in [-0.39, 0.29) is 5.91 Å². The zero-order valence-corrected chi connectivity index (χ0v) is 11.0. The highest BCUT2D eigenvalue weighted by atomic mass is 16.5. The van der Waals surface area contributed by atoms with Crippen molar-refractivity contribution in [3.8, 4) is 11.5 Å². The molecule has 0 heterocycles. The Kier molecular flexibility index (Phi) is 5.77. The van der Waals surface area contributed by atoms with Crippen molar-refractivity contribution in [2.45, 2.75) is 13.8 Å². The van der Waals surface area contributed by atoms with Crippen molar-refractivity contribution < 1.29 is 14.3 Å². The SMILES string of the molecule is CCNC(=O)/C=C/c1ccc(OC)c(OCC)c1. The summed E-state index contributed by atoms with van der Waals surface area (Å²) in [7, 11) is 1.60. The van der Waals surface area contributed by atoms with E-state index in [0.717, 1.165) is 5.56 Å². The van der Waals surface area contributed by atoms with Crippen molar-refractivity contribution in [1.82, 2.24) is 5.32 Å². The lowest BCUT2D eigenvalue weighted by molar-refractivity contribution is -0.116. The second-order valence-corrected chi connectivity index (χ2v) is 3.57. The third kappa shape index (κ3) is 4.13. The van der Waals surface area contributed by atoms with Crippen LogP contribution in [0.4, 0.5) is 0 Å². The van der Waals surface area contributed by atoms with Crippen LogP contribution in [0.5, 0.6) is 11.5 Å². The van der Waals surface area contributed by atoms with E-state index in [9.17, 15) is 4.79 Å². The molecule has 0 saturated heterocycles. The lowest BCUT2D eigenvalue weighted by Gasteiger charge is -2.09. The molecule has 0 saturated carbocycles. The normalized spacial score (nSPS) is 10.4. The minimum absolute atomic E-state index is 0.105. The van der Waals surface area contributed by atoms with Gasteiger partial charge in [0, 0.05) is 12.6 Å². The van der Waals surface area contributed by atoms with Crippen LogP contribution in [0.15, 0.2) is 24.3 Å². The van der Waals surface area contributed by atoms with E-state index in [1.807, 2.05) is 32.0 Å². The summed E-state index contributed by atoms with van der Waals surface area (Å²) in [6.07, 6.45) is 3.24. The van der Waals surface area contributed by atoms with Crippen molar-refractivity contribution >= 4 is 12.0 Å². The number of methoxy groups -OCH3 is 1. The number of hydrogen-bond donors (Lipinski definition) is 1. The van der Waals surface area contributed by atoms with Crippen molar-refractivity contribution in [1.29, 1.82) is 0 Å². The molecular weight excluding hydrogens is 230 g/mol. The van der Waals surface area contributed by atoms with Crippen LogP contribution in [-0.2, 0) is 4.79 Å². The number of carbonyl (C=O) groups is 1. The van der Waals surface area contributed by atoms with Gasteiger partial charge in [0.25, 0.3) is 0 Å². The number of benzene rings is 1. The zero-order valence-electron chi connectivity index (χ0n) is 11.0. The van der Waals surface area contributed by atoms with Crippen LogP contribution in [0.2, 0.25) is 0 Å². The highest BCUT2D eigenvalue weighted by Crippen LogP contribution is 2.28. The van der Waals surface area contributed by atoms with E-state index < -0.39 is 0 Å². The van der Waals surface area contributed by atoms with Crippen LogP contribution < -0.4 is 14.8 Å². The van der Waals surface area contributed by atoms with Crippen molar-refractivity contribution in [3.05, 3.63) is 29.8 Å². The highest BCUT2D eigenvalue weighted by Gasteiger charge is 2.03. The van der Waals surface area contributed by atoms with Gasteiger partial charge < -0.3 is 14.8 Å². The molecule has 0 bridgehead atoms. The fourth-order valence-electron chi connectivity index (χ4n) is 1.47. The Morgan fingerprint density at radius 3 is 2.72 bits per heavy atom. The minimum Gasteiger partial charge on any atom is -0.493 e. The number of rotatable bonds is 6. The van der Waals surface area contributed by atoms with Gasteiger partial charge in [0.1, 0.15) is 0 Å². The molecule has 0 aromatic heterocycles. The maximum Gasteiger partial charge on any atom is 0.243 e. The maximum atomic E-state index is 11.3. The van der Waals surface area contributed by atoms with Gasteiger partial charge in [-0.2, -0.15) is 0 Å². The fourth-order valence-corrected chi connectivity index (χ4v) is 1.47. The third-order valence-corrected chi connectivity index (χ3v) is 2.27. The molecule has 0 aliphatic rings. The molecule has 1 aromatic rings. The van der Waals surface area contributed by atoms with Gasteiger partial charge in [-0.3, -0.25) is 4.79 Å². The van der Waals surface area contributed by atoms with Gasteiger partial charge in [-0.05, 0) is 37.6 Å². The van der Waals surface area contributed by atoms with Gasteiger partial charge in [-0.25, -0.2) is 0 Å². The molecule has 0 spiro atoms. The summed E-state index contributed by atoms with van der Waals surface area (Å²) in [6.45, 7) is 4.98. The summed E-state index contributed by atoms with van der Waals surface area (Å²) in [4.78, 5) is 11.3. The first-order chi connectivity index (χ1) is 8.71. The molecule has 4 heteroatoms. The first-order valence-corrected chi connectivity index (χ1v) is 5.98. The quantitative estimate of drug-likeness (QED) is 0.786. The van der Waals surface area contributed by atoms with Crippen molar-refractivity contribution in [2.75, 3.05) is 20.3 Å². The standard InChI is InChI=1S/C14H19NO3/c1-4-15-14(16)9-7-11-6-8-12(17-3)13(10-11)18-5-2/h6-10H,4-5H2,1-3H3,(H,15,16)/b9-7+. The largest absolute Gasteiger partial charge is 0.493 e. The predicted octanol–water partition coefficient (Wildman–Crippen LogP) is 2.24. The number of likely N-dealkylation sites (N-methyl/N-ethyl adjacent to an activating group) is 1. The van der Waals surface area contributed by atoms with Gasteiger partial charge in [-0.15, -0.1) is 0 Å². The average molecular weight is 249 g/mol. The first-order valence-electron chi connectivity index (χ1n) is 5.98. The predicted molar refractivity (Wildman–Crippen MR) is 71.9 cm³/mol. The van der Waals surface area contributed by atoms with Crippen LogP contribution >= 0.6 is 0 Å². The van der Waals surface area contributed by atoms with Crippen LogP contribution in [-0.4, -0.2) is 26.2 Å². The summed E-state index contributed by atoms with van der Waals surface area (Å²) < 4.78 is 10.7. The summed E-state index contributed by atoms with van der Waals surface area (Å²) >= 11 is 0. The lowest BCUT2D eigenvalue weighted by Crippen LogP contribution is -2.19. The molecule has 0 aliphatic heterocycles. The number of nitrogens with one attached hydrogen (secondary N) is 1. The van der Waals surface area contributed by atoms with E-state index in [1.165, 1.54) is 6.08 Å². The fraction of sp³-hybridized carbons (Fsp3) is 0.357. The van der Waals surface area contributed by atoms with Gasteiger partial charge in [0.2, 0.25) is 5.91 Å². The molecular formula is C14H19NO3. The van der Waals surface area contributed by atoms with E-state index in [2.05, 4.69) is 5.32 Å². The summed E-state index contributed by atoms with van der Waals surface area (Å²) in [6, 6.07) is 5.54. The van der Waals surface area contributed by atoms with Crippen molar-refractivity contribution in [2.24, 2.45) is 0 Å².